The summed E-state index contributed by atoms with van der Waals surface area (Å²) in [6, 6.07) is 4.61. The van der Waals surface area contributed by atoms with Gasteiger partial charge in [0.2, 0.25) is 0 Å². The molecule has 96 valence electrons. The van der Waals surface area contributed by atoms with E-state index in [4.69, 9.17) is 0 Å². The molecule has 0 saturated carbocycles. The molecular formula is C16H27N. The predicted molar refractivity (Wildman–Crippen MR) is 76.7 cm³/mol. The highest BCUT2D eigenvalue weighted by atomic mass is 14.8. The minimum Gasteiger partial charge on any atom is -0.319 e. The minimum atomic E-state index is 0.361. The standard InChI is InChI=1S/C16H27N/c1-7-16(5,11-17-6)10-15-13(3)8-12(2)9-14(15)4/h8-9,17H,7,10-11H2,1-6H3. The van der Waals surface area contributed by atoms with Crippen LogP contribution in [0.5, 0.6) is 0 Å². The third kappa shape index (κ3) is 3.57. The molecular weight excluding hydrogens is 206 g/mol. The molecule has 1 nitrogen and oxygen atoms in total. The fraction of sp³-hybridized carbons (Fsp3) is 0.625. The number of hydrogen-bond donors (Lipinski definition) is 1. The van der Waals surface area contributed by atoms with Crippen LogP contribution in [0.25, 0.3) is 0 Å². The Morgan fingerprint density at radius 3 is 2.06 bits per heavy atom. The maximum absolute atomic E-state index is 3.33. The molecule has 1 aromatic carbocycles. The molecule has 0 aliphatic heterocycles. The SMILES string of the molecule is CCC(C)(CNC)Cc1c(C)cc(C)cc1C. The third-order valence-corrected chi connectivity index (χ3v) is 3.90. The smallest absolute Gasteiger partial charge is 0.000525 e. The van der Waals surface area contributed by atoms with Crippen molar-refractivity contribution in [1.82, 2.24) is 5.32 Å². The van der Waals surface area contributed by atoms with Gasteiger partial charge in [0, 0.05) is 6.54 Å². The average molecular weight is 233 g/mol. The Hall–Kier alpha value is -0.820. The van der Waals surface area contributed by atoms with Gasteiger partial charge in [0.15, 0.2) is 0 Å². The van der Waals surface area contributed by atoms with Crippen molar-refractivity contribution >= 4 is 0 Å². The highest BCUT2D eigenvalue weighted by Gasteiger charge is 2.23. The second-order valence-corrected chi connectivity index (χ2v) is 5.75. The van der Waals surface area contributed by atoms with E-state index < -0.39 is 0 Å². The molecule has 1 aromatic rings. The first-order chi connectivity index (χ1) is 7.91. The normalized spacial score (nSPS) is 14.7. The number of hydrogen-bond acceptors (Lipinski definition) is 1. The monoisotopic (exact) mass is 233 g/mol. The van der Waals surface area contributed by atoms with Crippen LogP contribution in [0.15, 0.2) is 12.1 Å². The maximum Gasteiger partial charge on any atom is 0.000525 e. The summed E-state index contributed by atoms with van der Waals surface area (Å²) in [5, 5.41) is 3.33. The van der Waals surface area contributed by atoms with Crippen LogP contribution in [-0.2, 0) is 6.42 Å². The van der Waals surface area contributed by atoms with E-state index in [9.17, 15) is 0 Å². The van der Waals surface area contributed by atoms with Gasteiger partial charge in [-0.3, -0.25) is 0 Å². The van der Waals surface area contributed by atoms with Crippen LogP contribution in [0, 0.1) is 26.2 Å². The first kappa shape index (κ1) is 14.2. The van der Waals surface area contributed by atoms with Crippen LogP contribution in [0.3, 0.4) is 0 Å². The van der Waals surface area contributed by atoms with Gasteiger partial charge in [-0.25, -0.2) is 0 Å². The molecule has 0 saturated heterocycles. The second kappa shape index (κ2) is 5.68. The summed E-state index contributed by atoms with van der Waals surface area (Å²) < 4.78 is 0. The lowest BCUT2D eigenvalue weighted by Gasteiger charge is -2.30. The zero-order chi connectivity index (χ0) is 13.1. The Balaban J connectivity index is 3.01. The summed E-state index contributed by atoms with van der Waals surface area (Å²) in [5.41, 5.74) is 6.15. The highest BCUT2D eigenvalue weighted by molar-refractivity contribution is 5.38. The minimum absolute atomic E-state index is 0.361. The fourth-order valence-electron chi connectivity index (χ4n) is 2.65. The van der Waals surface area contributed by atoms with Crippen LogP contribution in [0.2, 0.25) is 0 Å². The molecule has 1 rings (SSSR count). The molecule has 0 aliphatic carbocycles. The fourth-order valence-corrected chi connectivity index (χ4v) is 2.65. The molecule has 0 aliphatic rings. The van der Waals surface area contributed by atoms with Gasteiger partial charge in [-0.1, -0.05) is 31.5 Å². The van der Waals surface area contributed by atoms with E-state index in [1.54, 1.807) is 0 Å². The van der Waals surface area contributed by atoms with Gasteiger partial charge in [-0.2, -0.15) is 0 Å². The summed E-state index contributed by atoms with van der Waals surface area (Å²) in [7, 11) is 2.04. The van der Waals surface area contributed by atoms with Crippen molar-refractivity contribution in [2.75, 3.05) is 13.6 Å². The Labute approximate surface area is 107 Å². The van der Waals surface area contributed by atoms with E-state index in [-0.39, 0.29) is 0 Å². The van der Waals surface area contributed by atoms with Crippen LogP contribution in [0.4, 0.5) is 0 Å². The molecule has 1 unspecified atom stereocenters. The van der Waals surface area contributed by atoms with Crippen LogP contribution in [0.1, 0.15) is 42.5 Å². The summed E-state index contributed by atoms with van der Waals surface area (Å²) in [4.78, 5) is 0. The molecule has 0 heterocycles. The summed E-state index contributed by atoms with van der Waals surface area (Å²) in [6.07, 6.45) is 2.38. The van der Waals surface area contributed by atoms with Gasteiger partial charge in [0.05, 0.1) is 0 Å². The Morgan fingerprint density at radius 1 is 1.12 bits per heavy atom. The zero-order valence-corrected chi connectivity index (χ0v) is 12.3. The van der Waals surface area contributed by atoms with Gasteiger partial charge in [-0.15, -0.1) is 0 Å². The Bertz CT molecular complexity index is 358. The van der Waals surface area contributed by atoms with Crippen molar-refractivity contribution in [3.63, 3.8) is 0 Å². The highest BCUT2D eigenvalue weighted by Crippen LogP contribution is 2.29. The van der Waals surface area contributed by atoms with Crippen molar-refractivity contribution in [3.8, 4) is 0 Å². The first-order valence-electron chi connectivity index (χ1n) is 6.63. The van der Waals surface area contributed by atoms with Crippen LogP contribution < -0.4 is 5.32 Å². The van der Waals surface area contributed by atoms with Crippen molar-refractivity contribution in [2.45, 2.75) is 47.5 Å². The topological polar surface area (TPSA) is 12.0 Å². The molecule has 0 spiro atoms. The van der Waals surface area contributed by atoms with Crippen molar-refractivity contribution in [1.29, 1.82) is 0 Å². The maximum atomic E-state index is 3.33. The molecule has 1 heteroatoms. The summed E-state index contributed by atoms with van der Waals surface area (Å²) in [6.45, 7) is 12.4. The van der Waals surface area contributed by atoms with E-state index in [1.807, 2.05) is 7.05 Å². The lowest BCUT2D eigenvalue weighted by Crippen LogP contribution is -2.31. The predicted octanol–water partition coefficient (Wildman–Crippen LogP) is 3.79. The van der Waals surface area contributed by atoms with Crippen LogP contribution >= 0.6 is 0 Å². The molecule has 17 heavy (non-hydrogen) atoms. The van der Waals surface area contributed by atoms with E-state index in [0.717, 1.165) is 6.54 Å². The second-order valence-electron chi connectivity index (χ2n) is 5.75. The molecule has 1 atom stereocenters. The molecule has 0 bridgehead atoms. The van der Waals surface area contributed by atoms with Gasteiger partial charge in [0.1, 0.15) is 0 Å². The number of benzene rings is 1. The van der Waals surface area contributed by atoms with E-state index >= 15 is 0 Å². The molecule has 0 aromatic heterocycles. The van der Waals surface area contributed by atoms with Crippen molar-refractivity contribution in [2.24, 2.45) is 5.41 Å². The Morgan fingerprint density at radius 2 is 1.65 bits per heavy atom. The van der Waals surface area contributed by atoms with Crippen molar-refractivity contribution < 1.29 is 0 Å². The van der Waals surface area contributed by atoms with E-state index in [2.05, 4.69) is 52.1 Å². The van der Waals surface area contributed by atoms with Gasteiger partial charge in [0.25, 0.3) is 0 Å². The third-order valence-electron chi connectivity index (χ3n) is 3.90. The summed E-state index contributed by atoms with van der Waals surface area (Å²) in [5.74, 6) is 0. The first-order valence-corrected chi connectivity index (χ1v) is 6.63. The van der Waals surface area contributed by atoms with E-state index in [0.29, 0.717) is 5.41 Å². The molecule has 0 amide bonds. The lowest BCUT2D eigenvalue weighted by molar-refractivity contribution is 0.298. The average Bonchev–Trinajstić information content (AvgIpc) is 2.24. The number of nitrogens with one attached hydrogen (secondary N) is 1. The number of rotatable bonds is 5. The molecule has 1 N–H and O–H groups in total. The van der Waals surface area contributed by atoms with Gasteiger partial charge in [-0.05, 0) is 62.8 Å². The summed E-state index contributed by atoms with van der Waals surface area (Å²) >= 11 is 0. The Kier molecular flexibility index (Phi) is 4.76. The zero-order valence-electron chi connectivity index (χ0n) is 12.3. The van der Waals surface area contributed by atoms with E-state index in [1.165, 1.54) is 35.1 Å². The number of aryl methyl sites for hydroxylation is 3. The quantitative estimate of drug-likeness (QED) is 0.816. The lowest BCUT2D eigenvalue weighted by atomic mass is 9.78. The van der Waals surface area contributed by atoms with Gasteiger partial charge < -0.3 is 5.32 Å². The van der Waals surface area contributed by atoms with Crippen LogP contribution in [-0.4, -0.2) is 13.6 Å². The van der Waals surface area contributed by atoms with Crippen molar-refractivity contribution in [3.05, 3.63) is 34.4 Å². The molecule has 0 fully saturated rings. The van der Waals surface area contributed by atoms with Gasteiger partial charge >= 0.3 is 0 Å². The molecule has 0 radical (unpaired) electrons. The largest absolute Gasteiger partial charge is 0.319 e.